The first kappa shape index (κ1) is 33.4. The van der Waals surface area contributed by atoms with E-state index in [2.05, 4.69) is 17.2 Å². The number of aliphatic hydroxyl groups is 1. The number of carbonyl (C=O) groups is 2. The molecule has 232 valence electrons. The average molecular weight is 597 g/mol. The Morgan fingerprint density at radius 2 is 1.79 bits per heavy atom. The Bertz CT molecular complexity index is 1400. The molecule has 1 aromatic heterocycles. The van der Waals surface area contributed by atoms with Gasteiger partial charge in [0.2, 0.25) is 11.8 Å². The van der Waals surface area contributed by atoms with Crippen LogP contribution in [0.1, 0.15) is 51.5 Å². The van der Waals surface area contributed by atoms with Crippen molar-refractivity contribution in [2.24, 2.45) is 11.1 Å². The summed E-state index contributed by atoms with van der Waals surface area (Å²) < 4.78 is 30.8. The van der Waals surface area contributed by atoms with E-state index < -0.39 is 41.6 Å². The van der Waals surface area contributed by atoms with E-state index in [0.717, 1.165) is 29.5 Å². The van der Waals surface area contributed by atoms with Crippen molar-refractivity contribution in [1.29, 1.82) is 0 Å². The lowest BCUT2D eigenvalue weighted by Gasteiger charge is -2.40. The molecule has 0 bridgehead atoms. The van der Waals surface area contributed by atoms with E-state index in [1.54, 1.807) is 6.20 Å². The molecule has 0 aliphatic rings. The quantitative estimate of drug-likeness (QED) is 0.210. The third kappa shape index (κ3) is 9.20. The molecule has 0 aliphatic heterocycles. The van der Waals surface area contributed by atoms with Crippen molar-refractivity contribution < 1.29 is 23.5 Å². The van der Waals surface area contributed by atoms with Crippen LogP contribution in [-0.4, -0.2) is 63.7 Å². The number of nitrogens with zero attached hydrogens (tertiary/aromatic N) is 3. The number of allylic oxidation sites excluding steroid dienone is 1. The molecule has 0 spiro atoms. The second-order valence-corrected chi connectivity index (χ2v) is 11.6. The van der Waals surface area contributed by atoms with E-state index in [1.165, 1.54) is 4.90 Å². The average Bonchev–Trinajstić information content (AvgIpc) is 3.35. The first-order valence-electron chi connectivity index (χ1n) is 14.2. The maximum absolute atomic E-state index is 14.9. The summed E-state index contributed by atoms with van der Waals surface area (Å²) in [5.74, 6) is -1.78. The topological polar surface area (TPSA) is 126 Å². The highest BCUT2D eigenvalue weighted by Gasteiger charge is 2.38. The van der Waals surface area contributed by atoms with Crippen molar-refractivity contribution in [3.8, 4) is 11.3 Å². The van der Waals surface area contributed by atoms with Crippen molar-refractivity contribution in [3.05, 3.63) is 90.0 Å². The molecule has 2 atom stereocenters. The number of hydrogen-bond acceptors (Lipinski definition) is 6. The summed E-state index contributed by atoms with van der Waals surface area (Å²) in [5.41, 5.74) is 7.45. The standard InChI is InChI=1S/C32H42F2N6O3/c1-21(2)36-14-15-37-31(43)26(35)13-16-40(28(42)20-41)29(32(3,4)5)30-38-27(24-17-23(33)11-12-25(24)34)19-39(30)18-22-9-7-6-8-10-22/h6-12,17,19,26,29,36,41H,1,13-16,18,20,35H2,2-5H3,(H,37,43)/t26-,29-/m0/s1. The van der Waals surface area contributed by atoms with Crippen LogP contribution in [0.2, 0.25) is 0 Å². The largest absolute Gasteiger partial charge is 0.387 e. The van der Waals surface area contributed by atoms with Gasteiger partial charge in [-0.3, -0.25) is 9.59 Å². The Kier molecular flexibility index (Phi) is 11.6. The minimum atomic E-state index is -0.916. The van der Waals surface area contributed by atoms with Crippen molar-refractivity contribution in [1.82, 2.24) is 25.1 Å². The lowest BCUT2D eigenvalue weighted by Crippen LogP contribution is -2.48. The summed E-state index contributed by atoms with van der Waals surface area (Å²) in [4.78, 5) is 32.1. The molecule has 3 aromatic rings. The van der Waals surface area contributed by atoms with Crippen LogP contribution in [0.25, 0.3) is 11.3 Å². The third-order valence-corrected chi connectivity index (χ3v) is 6.91. The lowest BCUT2D eigenvalue weighted by atomic mass is 9.84. The Hall–Kier alpha value is -4.09. The number of carbonyl (C=O) groups excluding carboxylic acids is 2. The molecular weight excluding hydrogens is 554 g/mol. The van der Waals surface area contributed by atoms with Crippen LogP contribution in [0.4, 0.5) is 8.78 Å². The number of benzene rings is 2. The summed E-state index contributed by atoms with van der Waals surface area (Å²) in [6.07, 6.45) is 1.75. The Morgan fingerprint density at radius 3 is 2.42 bits per heavy atom. The zero-order chi connectivity index (χ0) is 31.7. The van der Waals surface area contributed by atoms with Gasteiger partial charge in [0, 0.05) is 43.6 Å². The van der Waals surface area contributed by atoms with Gasteiger partial charge in [0.25, 0.3) is 0 Å². The molecule has 5 N–H and O–H groups in total. The molecule has 43 heavy (non-hydrogen) atoms. The zero-order valence-corrected chi connectivity index (χ0v) is 25.2. The number of rotatable bonds is 14. The molecule has 0 radical (unpaired) electrons. The molecular formula is C32H42F2N6O3. The molecule has 2 amide bonds. The van der Waals surface area contributed by atoms with Gasteiger partial charge < -0.3 is 30.9 Å². The van der Waals surface area contributed by atoms with Gasteiger partial charge in [0.05, 0.1) is 17.8 Å². The predicted molar refractivity (Wildman–Crippen MR) is 163 cm³/mol. The van der Waals surface area contributed by atoms with Gasteiger partial charge in [-0.25, -0.2) is 13.8 Å². The van der Waals surface area contributed by atoms with Crippen molar-refractivity contribution >= 4 is 11.8 Å². The van der Waals surface area contributed by atoms with Crippen LogP contribution in [0, 0.1) is 17.0 Å². The van der Waals surface area contributed by atoms with Gasteiger partial charge in [-0.2, -0.15) is 0 Å². The van der Waals surface area contributed by atoms with E-state index in [1.807, 2.05) is 62.6 Å². The third-order valence-electron chi connectivity index (χ3n) is 6.91. The number of nitrogens with two attached hydrogens (primary N) is 1. The minimum absolute atomic E-state index is 0.0133. The van der Waals surface area contributed by atoms with Gasteiger partial charge in [-0.1, -0.05) is 57.7 Å². The maximum Gasteiger partial charge on any atom is 0.248 e. The highest BCUT2D eigenvalue weighted by atomic mass is 19.1. The summed E-state index contributed by atoms with van der Waals surface area (Å²) in [7, 11) is 0. The fourth-order valence-electron chi connectivity index (χ4n) is 4.86. The normalized spacial score (nSPS) is 12.8. The molecule has 0 fully saturated rings. The van der Waals surface area contributed by atoms with Gasteiger partial charge in [0.1, 0.15) is 24.1 Å². The number of aliphatic hydroxyl groups excluding tert-OH is 1. The Balaban J connectivity index is 2.00. The SMILES string of the molecule is C=C(C)NCCNC(=O)[C@@H](N)CCN(C(=O)CO)[C@@H](c1nc(-c2cc(F)ccc2F)cn1Cc1ccccc1)C(C)(C)C. The molecule has 3 rings (SSSR count). The van der Waals surface area contributed by atoms with Crippen LogP contribution >= 0.6 is 0 Å². The van der Waals surface area contributed by atoms with Gasteiger partial charge in [-0.05, 0) is 42.5 Å². The van der Waals surface area contributed by atoms with E-state index in [9.17, 15) is 23.5 Å². The molecule has 11 heteroatoms. The maximum atomic E-state index is 14.9. The van der Waals surface area contributed by atoms with Crippen LogP contribution in [-0.2, 0) is 16.1 Å². The first-order valence-corrected chi connectivity index (χ1v) is 14.2. The van der Waals surface area contributed by atoms with E-state index in [0.29, 0.717) is 25.5 Å². The Morgan fingerprint density at radius 1 is 1.12 bits per heavy atom. The predicted octanol–water partition coefficient (Wildman–Crippen LogP) is 3.74. The molecule has 2 aromatic carbocycles. The fraction of sp³-hybridized carbons (Fsp3) is 0.406. The molecule has 0 saturated heterocycles. The van der Waals surface area contributed by atoms with Crippen LogP contribution in [0.3, 0.4) is 0 Å². The van der Waals surface area contributed by atoms with Crippen LogP contribution < -0.4 is 16.4 Å². The number of imidazole rings is 1. The summed E-state index contributed by atoms with van der Waals surface area (Å²) in [6, 6.07) is 11.1. The highest BCUT2D eigenvalue weighted by Crippen LogP contribution is 2.39. The van der Waals surface area contributed by atoms with Gasteiger partial charge in [0.15, 0.2) is 0 Å². The molecule has 0 saturated carbocycles. The second kappa shape index (κ2) is 14.9. The molecule has 9 nitrogen and oxygen atoms in total. The van der Waals surface area contributed by atoms with Gasteiger partial charge in [-0.15, -0.1) is 0 Å². The zero-order valence-electron chi connectivity index (χ0n) is 25.2. The Labute approximate surface area is 251 Å². The minimum Gasteiger partial charge on any atom is -0.387 e. The number of aromatic nitrogens is 2. The summed E-state index contributed by atoms with van der Waals surface area (Å²) >= 11 is 0. The van der Waals surface area contributed by atoms with Crippen molar-refractivity contribution in [2.45, 2.75) is 52.7 Å². The van der Waals surface area contributed by atoms with Crippen LogP contribution in [0.15, 0.2) is 67.0 Å². The van der Waals surface area contributed by atoms with E-state index >= 15 is 0 Å². The lowest BCUT2D eigenvalue weighted by molar-refractivity contribution is -0.140. The van der Waals surface area contributed by atoms with Crippen molar-refractivity contribution in [2.75, 3.05) is 26.2 Å². The molecule has 1 heterocycles. The number of amides is 2. The number of nitrogens with one attached hydrogen (secondary N) is 2. The number of hydrogen-bond donors (Lipinski definition) is 4. The first-order chi connectivity index (χ1) is 20.3. The highest BCUT2D eigenvalue weighted by molar-refractivity contribution is 5.81. The monoisotopic (exact) mass is 596 g/mol. The van der Waals surface area contributed by atoms with Crippen molar-refractivity contribution in [3.63, 3.8) is 0 Å². The van der Waals surface area contributed by atoms with E-state index in [-0.39, 0.29) is 30.1 Å². The second-order valence-electron chi connectivity index (χ2n) is 11.6. The van der Waals surface area contributed by atoms with E-state index in [4.69, 9.17) is 10.7 Å². The molecule has 0 aliphatic carbocycles. The summed E-state index contributed by atoms with van der Waals surface area (Å²) in [6.45, 7) is 11.8. The number of halogens is 2. The molecule has 0 unspecified atom stereocenters. The summed E-state index contributed by atoms with van der Waals surface area (Å²) in [5, 5.41) is 15.7. The van der Waals surface area contributed by atoms with Crippen LogP contribution in [0.5, 0.6) is 0 Å². The smallest absolute Gasteiger partial charge is 0.248 e. The fourth-order valence-corrected chi connectivity index (χ4v) is 4.86. The van der Waals surface area contributed by atoms with Gasteiger partial charge >= 0.3 is 0 Å².